The average molecular weight is 232 g/mol. The summed E-state index contributed by atoms with van der Waals surface area (Å²) in [6.07, 6.45) is 8.68. The van der Waals surface area contributed by atoms with E-state index in [0.717, 1.165) is 6.42 Å². The summed E-state index contributed by atoms with van der Waals surface area (Å²) in [4.78, 5) is 0. The molecule has 0 atom stereocenters. The summed E-state index contributed by atoms with van der Waals surface area (Å²) in [6, 6.07) is 0. The van der Waals surface area contributed by atoms with E-state index in [2.05, 4.69) is 25.3 Å². The van der Waals surface area contributed by atoms with Crippen LogP contribution in [0.3, 0.4) is 0 Å². The van der Waals surface area contributed by atoms with Crippen LogP contribution in [0, 0.1) is 0 Å². The van der Waals surface area contributed by atoms with Crippen molar-refractivity contribution in [3.8, 4) is 0 Å². The normalized spacial score (nSPS) is 18.7. The molecule has 0 aromatic carbocycles. The molecule has 80 valence electrons. The molecule has 0 unspecified atom stereocenters. The summed E-state index contributed by atoms with van der Waals surface area (Å²) in [5.74, 6) is 0.813. The van der Waals surface area contributed by atoms with Gasteiger partial charge in [-0.3, -0.25) is 0 Å². The molecule has 0 N–H and O–H groups in total. The molecule has 1 aliphatic rings. The molecular weight excluding hydrogens is 216 g/mol. The molecule has 0 bridgehead atoms. The van der Waals surface area contributed by atoms with E-state index in [9.17, 15) is 0 Å². The zero-order chi connectivity index (χ0) is 10.3. The van der Waals surface area contributed by atoms with Gasteiger partial charge in [-0.25, -0.2) is 0 Å². The van der Waals surface area contributed by atoms with Gasteiger partial charge in [-0.05, 0) is 6.08 Å². The van der Waals surface area contributed by atoms with Gasteiger partial charge in [-0.1, -0.05) is 18.2 Å². The van der Waals surface area contributed by atoms with Crippen LogP contribution in [0.25, 0.3) is 0 Å². The van der Waals surface area contributed by atoms with Crippen molar-refractivity contribution in [3.05, 3.63) is 24.3 Å². The number of allylic oxidation sites excluding steroid dienone is 2. The van der Waals surface area contributed by atoms with Gasteiger partial charge in [0.25, 0.3) is 0 Å². The van der Waals surface area contributed by atoms with Crippen LogP contribution in [0.2, 0.25) is 0 Å². The monoisotopic (exact) mass is 232 g/mol. The minimum absolute atomic E-state index is 0.583. The van der Waals surface area contributed by atoms with Crippen molar-refractivity contribution in [2.24, 2.45) is 0 Å². The summed E-state index contributed by atoms with van der Waals surface area (Å²) in [7, 11) is 0. The lowest BCUT2D eigenvalue weighted by atomic mass is 10.1. The molecule has 0 aliphatic heterocycles. The SMILES string of the molecule is SCCOC1(OCCS)C=CC=CC1. The molecule has 0 saturated carbocycles. The van der Waals surface area contributed by atoms with Gasteiger partial charge < -0.3 is 9.47 Å². The molecule has 0 heterocycles. The van der Waals surface area contributed by atoms with E-state index in [-0.39, 0.29) is 0 Å². The lowest BCUT2D eigenvalue weighted by Crippen LogP contribution is -2.35. The van der Waals surface area contributed by atoms with Crippen molar-refractivity contribution in [1.29, 1.82) is 0 Å². The zero-order valence-electron chi connectivity index (χ0n) is 8.06. The standard InChI is InChI=1S/C10H16O2S2/c13-8-6-11-10(12-7-9-14)4-2-1-3-5-10/h1-4,13-14H,5-9H2. The summed E-state index contributed by atoms with van der Waals surface area (Å²) < 4.78 is 11.3. The highest BCUT2D eigenvalue weighted by Crippen LogP contribution is 2.24. The molecule has 0 spiro atoms. The van der Waals surface area contributed by atoms with E-state index in [4.69, 9.17) is 9.47 Å². The second-order valence-corrected chi connectivity index (χ2v) is 3.84. The van der Waals surface area contributed by atoms with Gasteiger partial charge in [0.15, 0.2) is 5.79 Å². The number of thiol groups is 2. The van der Waals surface area contributed by atoms with Gasteiger partial charge in [0.1, 0.15) is 0 Å². The Balaban J connectivity index is 2.50. The third-order valence-electron chi connectivity index (χ3n) is 1.88. The van der Waals surface area contributed by atoms with Crippen molar-refractivity contribution < 1.29 is 9.47 Å². The van der Waals surface area contributed by atoms with Gasteiger partial charge in [0, 0.05) is 17.9 Å². The maximum atomic E-state index is 5.65. The molecule has 0 aromatic heterocycles. The van der Waals surface area contributed by atoms with E-state index in [1.165, 1.54) is 0 Å². The molecule has 4 heteroatoms. The van der Waals surface area contributed by atoms with Crippen LogP contribution >= 0.6 is 25.3 Å². The fourth-order valence-corrected chi connectivity index (χ4v) is 1.46. The fourth-order valence-electron chi connectivity index (χ4n) is 1.27. The quantitative estimate of drug-likeness (QED) is 0.540. The third-order valence-corrected chi connectivity index (χ3v) is 2.24. The first-order valence-corrected chi connectivity index (χ1v) is 5.93. The topological polar surface area (TPSA) is 18.5 Å². The highest BCUT2D eigenvalue weighted by Gasteiger charge is 2.28. The molecular formula is C10H16O2S2. The van der Waals surface area contributed by atoms with E-state index in [1.54, 1.807) is 0 Å². The van der Waals surface area contributed by atoms with Crippen LogP contribution in [-0.2, 0) is 9.47 Å². The summed E-state index contributed by atoms with van der Waals surface area (Å²) in [6.45, 7) is 1.18. The number of rotatable bonds is 6. The highest BCUT2D eigenvalue weighted by molar-refractivity contribution is 7.80. The molecule has 14 heavy (non-hydrogen) atoms. The Bertz CT molecular complexity index is 206. The Hall–Kier alpha value is 0.100. The van der Waals surface area contributed by atoms with Crippen molar-refractivity contribution in [2.45, 2.75) is 12.2 Å². The van der Waals surface area contributed by atoms with Crippen molar-refractivity contribution in [1.82, 2.24) is 0 Å². The van der Waals surface area contributed by atoms with Crippen LogP contribution in [0.4, 0.5) is 0 Å². The molecule has 2 nitrogen and oxygen atoms in total. The first-order chi connectivity index (χ1) is 6.83. The molecule has 0 radical (unpaired) electrons. The maximum Gasteiger partial charge on any atom is 0.191 e. The van der Waals surface area contributed by atoms with E-state index in [1.807, 2.05) is 24.3 Å². The molecule has 0 aromatic rings. The molecule has 1 aliphatic carbocycles. The zero-order valence-corrected chi connectivity index (χ0v) is 9.84. The second-order valence-electron chi connectivity index (χ2n) is 2.95. The van der Waals surface area contributed by atoms with Crippen LogP contribution in [0.1, 0.15) is 6.42 Å². The minimum Gasteiger partial charge on any atom is -0.345 e. The van der Waals surface area contributed by atoms with Crippen LogP contribution in [0.5, 0.6) is 0 Å². The van der Waals surface area contributed by atoms with E-state index >= 15 is 0 Å². The Morgan fingerprint density at radius 2 is 1.71 bits per heavy atom. The second kappa shape index (κ2) is 6.56. The van der Waals surface area contributed by atoms with E-state index < -0.39 is 5.79 Å². The highest BCUT2D eigenvalue weighted by atomic mass is 32.1. The lowest BCUT2D eigenvalue weighted by Gasteiger charge is -2.31. The molecule has 0 saturated heterocycles. The summed E-state index contributed by atoms with van der Waals surface area (Å²) in [5, 5.41) is 0. The van der Waals surface area contributed by atoms with Gasteiger partial charge in [-0.15, -0.1) is 0 Å². The fraction of sp³-hybridized carbons (Fsp3) is 0.600. The number of hydrogen-bond donors (Lipinski definition) is 2. The van der Waals surface area contributed by atoms with Crippen LogP contribution in [0.15, 0.2) is 24.3 Å². The van der Waals surface area contributed by atoms with Crippen molar-refractivity contribution in [2.75, 3.05) is 24.7 Å². The van der Waals surface area contributed by atoms with E-state index in [0.29, 0.717) is 24.7 Å². The van der Waals surface area contributed by atoms with Gasteiger partial charge in [0.2, 0.25) is 0 Å². The van der Waals surface area contributed by atoms with Crippen molar-refractivity contribution in [3.63, 3.8) is 0 Å². The Morgan fingerprint density at radius 1 is 1.07 bits per heavy atom. The largest absolute Gasteiger partial charge is 0.345 e. The Labute approximate surface area is 96.2 Å². The van der Waals surface area contributed by atoms with Gasteiger partial charge in [-0.2, -0.15) is 25.3 Å². The summed E-state index contributed by atoms with van der Waals surface area (Å²) >= 11 is 8.22. The number of hydrogen-bond acceptors (Lipinski definition) is 4. The minimum atomic E-state index is -0.583. The first kappa shape index (κ1) is 12.2. The molecule has 0 fully saturated rings. The predicted octanol–water partition coefficient (Wildman–Crippen LogP) is 2.09. The van der Waals surface area contributed by atoms with Gasteiger partial charge in [0.05, 0.1) is 13.2 Å². The summed E-state index contributed by atoms with van der Waals surface area (Å²) in [5.41, 5.74) is 0. The van der Waals surface area contributed by atoms with Crippen molar-refractivity contribution >= 4 is 25.3 Å². The molecule has 0 amide bonds. The first-order valence-electron chi connectivity index (χ1n) is 4.67. The lowest BCUT2D eigenvalue weighted by molar-refractivity contribution is -0.195. The Morgan fingerprint density at radius 3 is 2.14 bits per heavy atom. The number of ether oxygens (including phenoxy) is 2. The average Bonchev–Trinajstić information content (AvgIpc) is 2.25. The van der Waals surface area contributed by atoms with Gasteiger partial charge >= 0.3 is 0 Å². The van der Waals surface area contributed by atoms with Crippen LogP contribution < -0.4 is 0 Å². The maximum absolute atomic E-state index is 5.65. The molecule has 1 rings (SSSR count). The van der Waals surface area contributed by atoms with Crippen LogP contribution in [-0.4, -0.2) is 30.5 Å². The Kier molecular flexibility index (Phi) is 5.70. The third kappa shape index (κ3) is 3.69. The predicted molar refractivity (Wildman–Crippen MR) is 65.2 cm³/mol. The smallest absolute Gasteiger partial charge is 0.191 e.